The summed E-state index contributed by atoms with van der Waals surface area (Å²) < 4.78 is 0.723. The van der Waals surface area contributed by atoms with E-state index < -0.39 is 5.97 Å². The molecule has 7 heteroatoms. The molecule has 1 saturated carbocycles. The molecule has 4 nitrogen and oxygen atoms in total. The van der Waals surface area contributed by atoms with Gasteiger partial charge in [-0.05, 0) is 24.8 Å². The SMILES string of the molecule is O=C(O)CN(CC1CC1)C(=O)c1cc(Cl)sc1Cl. The van der Waals surface area contributed by atoms with Gasteiger partial charge in [-0.2, -0.15) is 0 Å². The lowest BCUT2D eigenvalue weighted by molar-refractivity contribution is -0.137. The molecule has 1 aromatic heterocycles. The Bertz CT molecular complexity index is 485. The number of hydrogen-bond donors (Lipinski definition) is 1. The Morgan fingerprint density at radius 2 is 2.11 bits per heavy atom. The van der Waals surface area contributed by atoms with Crippen LogP contribution in [0, 0.1) is 5.92 Å². The van der Waals surface area contributed by atoms with Crippen LogP contribution in [-0.4, -0.2) is 35.0 Å². The minimum atomic E-state index is -1.03. The number of carboxylic acid groups (broad SMARTS) is 1. The number of aliphatic carboxylic acids is 1. The molecule has 0 atom stereocenters. The van der Waals surface area contributed by atoms with Gasteiger partial charge in [0, 0.05) is 6.54 Å². The van der Waals surface area contributed by atoms with Gasteiger partial charge in [0.25, 0.3) is 5.91 Å². The molecule has 2 rings (SSSR count). The quantitative estimate of drug-likeness (QED) is 0.909. The molecule has 18 heavy (non-hydrogen) atoms. The fourth-order valence-electron chi connectivity index (χ4n) is 1.65. The van der Waals surface area contributed by atoms with Crippen LogP contribution in [0.1, 0.15) is 23.2 Å². The molecule has 0 unspecified atom stereocenters. The molecule has 0 aliphatic heterocycles. The van der Waals surface area contributed by atoms with Crippen molar-refractivity contribution >= 4 is 46.4 Å². The van der Waals surface area contributed by atoms with Crippen LogP contribution >= 0.6 is 34.5 Å². The minimum Gasteiger partial charge on any atom is -0.480 e. The van der Waals surface area contributed by atoms with Gasteiger partial charge in [-0.3, -0.25) is 9.59 Å². The molecule has 98 valence electrons. The van der Waals surface area contributed by atoms with Crippen LogP contribution in [0.2, 0.25) is 8.67 Å². The molecule has 0 radical (unpaired) electrons. The van der Waals surface area contributed by atoms with E-state index in [0.29, 0.717) is 21.1 Å². The van der Waals surface area contributed by atoms with E-state index in [1.54, 1.807) is 0 Å². The first-order valence-corrected chi connectivity index (χ1v) is 7.00. The molecule has 0 bridgehead atoms. The predicted molar refractivity (Wildman–Crippen MR) is 70.6 cm³/mol. The van der Waals surface area contributed by atoms with Crippen molar-refractivity contribution in [3.63, 3.8) is 0 Å². The number of carboxylic acids is 1. The average Bonchev–Trinajstić information content (AvgIpc) is 3.01. The lowest BCUT2D eigenvalue weighted by Crippen LogP contribution is -2.37. The molecule has 1 fully saturated rings. The van der Waals surface area contributed by atoms with Gasteiger partial charge in [0.2, 0.25) is 0 Å². The van der Waals surface area contributed by atoms with Crippen LogP contribution in [0.15, 0.2) is 6.07 Å². The standard InChI is InChI=1S/C11H11Cl2NO3S/c12-8-3-7(10(13)18-8)11(17)14(5-9(15)16)4-6-1-2-6/h3,6H,1-2,4-5H2,(H,15,16). The first kappa shape index (κ1) is 13.6. The summed E-state index contributed by atoms with van der Waals surface area (Å²) >= 11 is 12.8. The number of hydrogen-bond acceptors (Lipinski definition) is 3. The van der Waals surface area contributed by atoms with E-state index in [1.807, 2.05) is 0 Å². The average molecular weight is 308 g/mol. The molecule has 1 aromatic rings. The molecule has 1 aliphatic carbocycles. The molecule has 0 saturated heterocycles. The number of amides is 1. The summed E-state index contributed by atoms with van der Waals surface area (Å²) in [5, 5.41) is 8.84. The number of carbonyl (C=O) groups excluding carboxylic acids is 1. The Hall–Kier alpha value is -0.780. The van der Waals surface area contributed by atoms with Gasteiger partial charge in [-0.25, -0.2) is 0 Å². The number of halogens is 2. The van der Waals surface area contributed by atoms with Crippen molar-refractivity contribution in [2.24, 2.45) is 5.92 Å². The van der Waals surface area contributed by atoms with Crippen LogP contribution < -0.4 is 0 Å². The van der Waals surface area contributed by atoms with Crippen LogP contribution in [0.5, 0.6) is 0 Å². The van der Waals surface area contributed by atoms with Crippen LogP contribution in [0.4, 0.5) is 0 Å². The van der Waals surface area contributed by atoms with E-state index in [-0.39, 0.29) is 18.0 Å². The minimum absolute atomic E-state index is 0.286. The van der Waals surface area contributed by atoms with Crippen molar-refractivity contribution in [3.05, 3.63) is 20.3 Å². The Balaban J connectivity index is 2.15. The van der Waals surface area contributed by atoms with Gasteiger partial charge >= 0.3 is 5.97 Å². The molecule has 0 spiro atoms. The van der Waals surface area contributed by atoms with E-state index in [1.165, 1.54) is 11.0 Å². The van der Waals surface area contributed by atoms with Crippen molar-refractivity contribution in [1.82, 2.24) is 4.90 Å². The summed E-state index contributed by atoms with van der Waals surface area (Å²) in [6, 6.07) is 1.48. The summed E-state index contributed by atoms with van der Waals surface area (Å²) in [4.78, 5) is 24.3. The number of thiophene rings is 1. The fourth-order valence-corrected chi connectivity index (χ4v) is 3.10. The summed E-state index contributed by atoms with van der Waals surface area (Å²) in [5.41, 5.74) is 0.286. The van der Waals surface area contributed by atoms with Crippen LogP contribution in [-0.2, 0) is 4.79 Å². The molecule has 0 aromatic carbocycles. The van der Waals surface area contributed by atoms with E-state index in [2.05, 4.69) is 0 Å². The van der Waals surface area contributed by atoms with Gasteiger partial charge in [-0.15, -0.1) is 11.3 Å². The summed E-state index contributed by atoms with van der Waals surface area (Å²) in [6.07, 6.45) is 2.09. The van der Waals surface area contributed by atoms with Crippen molar-refractivity contribution < 1.29 is 14.7 Å². The highest BCUT2D eigenvalue weighted by atomic mass is 35.5. The third-order valence-electron chi connectivity index (χ3n) is 2.68. The smallest absolute Gasteiger partial charge is 0.323 e. The highest BCUT2D eigenvalue weighted by Gasteiger charge is 2.29. The molecular weight excluding hydrogens is 297 g/mol. The van der Waals surface area contributed by atoms with Gasteiger partial charge in [0.1, 0.15) is 10.9 Å². The van der Waals surface area contributed by atoms with Gasteiger partial charge in [0.15, 0.2) is 0 Å². The van der Waals surface area contributed by atoms with E-state index >= 15 is 0 Å². The van der Waals surface area contributed by atoms with E-state index in [0.717, 1.165) is 24.2 Å². The molecule has 1 heterocycles. The summed E-state index contributed by atoms with van der Waals surface area (Å²) in [6.45, 7) is 0.161. The lowest BCUT2D eigenvalue weighted by atomic mass is 10.2. The highest BCUT2D eigenvalue weighted by molar-refractivity contribution is 7.20. The second-order valence-electron chi connectivity index (χ2n) is 4.26. The zero-order chi connectivity index (χ0) is 13.3. The van der Waals surface area contributed by atoms with Gasteiger partial charge in [0.05, 0.1) is 9.90 Å². The second kappa shape index (κ2) is 5.47. The lowest BCUT2D eigenvalue weighted by Gasteiger charge is -2.20. The summed E-state index contributed by atoms with van der Waals surface area (Å²) in [5.74, 6) is -0.972. The zero-order valence-electron chi connectivity index (χ0n) is 9.36. The molecule has 1 amide bonds. The van der Waals surface area contributed by atoms with E-state index in [4.69, 9.17) is 28.3 Å². The maximum Gasteiger partial charge on any atom is 0.323 e. The highest BCUT2D eigenvalue weighted by Crippen LogP contribution is 2.34. The first-order valence-electron chi connectivity index (χ1n) is 5.43. The van der Waals surface area contributed by atoms with Crippen LogP contribution in [0.3, 0.4) is 0 Å². The number of nitrogens with zero attached hydrogens (tertiary/aromatic N) is 1. The van der Waals surface area contributed by atoms with Crippen molar-refractivity contribution in [2.45, 2.75) is 12.8 Å². The topological polar surface area (TPSA) is 57.6 Å². The van der Waals surface area contributed by atoms with Crippen molar-refractivity contribution in [2.75, 3.05) is 13.1 Å². The van der Waals surface area contributed by atoms with Gasteiger partial charge < -0.3 is 10.0 Å². The first-order chi connectivity index (χ1) is 8.47. The zero-order valence-corrected chi connectivity index (χ0v) is 11.7. The monoisotopic (exact) mass is 307 g/mol. The Morgan fingerprint density at radius 1 is 1.44 bits per heavy atom. The third kappa shape index (κ3) is 3.37. The number of rotatable bonds is 5. The summed E-state index contributed by atoms with van der Waals surface area (Å²) in [7, 11) is 0. The second-order valence-corrected chi connectivity index (χ2v) is 6.55. The number of carbonyl (C=O) groups is 2. The van der Waals surface area contributed by atoms with Crippen molar-refractivity contribution in [1.29, 1.82) is 0 Å². The predicted octanol–water partition coefficient (Wildman–Crippen LogP) is 2.99. The Kier molecular flexibility index (Phi) is 4.14. The van der Waals surface area contributed by atoms with Gasteiger partial charge in [-0.1, -0.05) is 23.2 Å². The molecule has 1 N–H and O–H groups in total. The van der Waals surface area contributed by atoms with E-state index in [9.17, 15) is 9.59 Å². The maximum atomic E-state index is 12.2. The van der Waals surface area contributed by atoms with Crippen molar-refractivity contribution in [3.8, 4) is 0 Å². The van der Waals surface area contributed by atoms with Crippen LogP contribution in [0.25, 0.3) is 0 Å². The third-order valence-corrected chi connectivity index (χ3v) is 4.16. The maximum absolute atomic E-state index is 12.2. The normalized spacial score (nSPS) is 14.6. The fraction of sp³-hybridized carbons (Fsp3) is 0.455. The Labute approximate surface area is 118 Å². The Morgan fingerprint density at radius 3 is 2.56 bits per heavy atom. The largest absolute Gasteiger partial charge is 0.480 e. The molecular formula is C11H11Cl2NO3S. The molecule has 1 aliphatic rings.